The number of aliphatic hydroxyl groups excluding tert-OH is 1. The summed E-state index contributed by atoms with van der Waals surface area (Å²) in [4.78, 5) is 0. The summed E-state index contributed by atoms with van der Waals surface area (Å²) >= 11 is 0. The van der Waals surface area contributed by atoms with Gasteiger partial charge < -0.3 is 20.3 Å². The van der Waals surface area contributed by atoms with Crippen LogP contribution < -0.4 is 15.2 Å². The van der Waals surface area contributed by atoms with Crippen molar-refractivity contribution in [2.24, 2.45) is 0 Å². The summed E-state index contributed by atoms with van der Waals surface area (Å²) in [6, 6.07) is 16.4. The zero-order chi connectivity index (χ0) is 13.5. The first kappa shape index (κ1) is 13.2. The predicted molar refractivity (Wildman–Crippen MR) is 74.3 cm³/mol. The number of nitrogens with two attached hydrogens (primary N) is 1. The molecule has 2 aromatic rings. The topological polar surface area (TPSA) is 64.7 Å². The number of para-hydroxylation sites is 1. The van der Waals surface area contributed by atoms with Crippen LogP contribution in [0.1, 0.15) is 0 Å². The van der Waals surface area contributed by atoms with Gasteiger partial charge in [0.05, 0.1) is 0 Å². The van der Waals surface area contributed by atoms with Crippen LogP contribution in [0.3, 0.4) is 0 Å². The Bertz CT molecular complexity index is 502. The maximum Gasteiger partial charge on any atom is 0.122 e. The van der Waals surface area contributed by atoms with Crippen molar-refractivity contribution in [2.45, 2.75) is 6.10 Å². The molecule has 0 aliphatic heterocycles. The second kappa shape index (κ2) is 6.66. The van der Waals surface area contributed by atoms with Gasteiger partial charge >= 0.3 is 0 Å². The van der Waals surface area contributed by atoms with E-state index in [2.05, 4.69) is 0 Å². The van der Waals surface area contributed by atoms with E-state index in [1.807, 2.05) is 30.3 Å². The number of nitrogen functional groups attached to an aromatic ring is 1. The van der Waals surface area contributed by atoms with E-state index in [1.165, 1.54) is 0 Å². The number of ether oxygens (including phenoxy) is 2. The number of anilines is 1. The lowest BCUT2D eigenvalue weighted by Gasteiger charge is -2.13. The van der Waals surface area contributed by atoms with E-state index < -0.39 is 6.10 Å². The third kappa shape index (κ3) is 4.52. The number of hydrogen-bond acceptors (Lipinski definition) is 4. The number of benzene rings is 2. The molecule has 1 unspecified atom stereocenters. The smallest absolute Gasteiger partial charge is 0.122 e. The molecule has 1 atom stereocenters. The molecule has 0 saturated heterocycles. The minimum atomic E-state index is -0.693. The van der Waals surface area contributed by atoms with Gasteiger partial charge in [0.15, 0.2) is 0 Å². The lowest BCUT2D eigenvalue weighted by molar-refractivity contribution is 0.0627. The van der Waals surface area contributed by atoms with Crippen LogP contribution in [-0.4, -0.2) is 24.4 Å². The quantitative estimate of drug-likeness (QED) is 0.780. The van der Waals surface area contributed by atoms with Gasteiger partial charge in [-0.3, -0.25) is 0 Å². The van der Waals surface area contributed by atoms with Crippen molar-refractivity contribution in [2.75, 3.05) is 18.9 Å². The number of aliphatic hydroxyl groups is 1. The molecule has 2 aromatic carbocycles. The van der Waals surface area contributed by atoms with Crippen molar-refractivity contribution in [3.63, 3.8) is 0 Å². The molecule has 19 heavy (non-hydrogen) atoms. The van der Waals surface area contributed by atoms with E-state index >= 15 is 0 Å². The van der Waals surface area contributed by atoms with Gasteiger partial charge in [0, 0.05) is 11.8 Å². The standard InChI is InChI=1S/C15H17NO3/c16-12-5-4-8-15(9-12)19-11-13(17)10-18-14-6-2-1-3-7-14/h1-9,13,17H,10-11,16H2. The number of hydrogen-bond donors (Lipinski definition) is 2. The van der Waals surface area contributed by atoms with Crippen molar-refractivity contribution < 1.29 is 14.6 Å². The maximum atomic E-state index is 9.76. The molecule has 100 valence electrons. The van der Waals surface area contributed by atoms with Crippen molar-refractivity contribution in [1.82, 2.24) is 0 Å². The zero-order valence-corrected chi connectivity index (χ0v) is 10.5. The Morgan fingerprint density at radius 3 is 2.21 bits per heavy atom. The SMILES string of the molecule is Nc1cccc(OCC(O)COc2ccccc2)c1. The Labute approximate surface area is 112 Å². The summed E-state index contributed by atoms with van der Waals surface area (Å²) in [5.41, 5.74) is 6.26. The molecule has 0 saturated carbocycles. The molecule has 0 spiro atoms. The van der Waals surface area contributed by atoms with Gasteiger partial charge in [-0.15, -0.1) is 0 Å². The van der Waals surface area contributed by atoms with Gasteiger partial charge in [0.1, 0.15) is 30.8 Å². The average Bonchev–Trinajstić information content (AvgIpc) is 2.44. The fraction of sp³-hybridized carbons (Fsp3) is 0.200. The summed E-state index contributed by atoms with van der Waals surface area (Å²) in [6.07, 6.45) is -0.693. The highest BCUT2D eigenvalue weighted by atomic mass is 16.5. The predicted octanol–water partition coefficient (Wildman–Crippen LogP) is 2.09. The molecule has 4 heteroatoms. The second-order valence-electron chi connectivity index (χ2n) is 4.16. The Morgan fingerprint density at radius 2 is 1.53 bits per heavy atom. The Kier molecular flexibility index (Phi) is 4.64. The van der Waals surface area contributed by atoms with Crippen molar-refractivity contribution in [1.29, 1.82) is 0 Å². The van der Waals surface area contributed by atoms with Crippen LogP contribution >= 0.6 is 0 Å². The first-order valence-electron chi connectivity index (χ1n) is 6.08. The normalized spacial score (nSPS) is 11.8. The Morgan fingerprint density at radius 1 is 0.895 bits per heavy atom. The minimum Gasteiger partial charge on any atom is -0.491 e. The van der Waals surface area contributed by atoms with Gasteiger partial charge in [0.2, 0.25) is 0 Å². The molecule has 0 fully saturated rings. The molecule has 0 aliphatic carbocycles. The minimum absolute atomic E-state index is 0.163. The highest BCUT2D eigenvalue weighted by Crippen LogP contribution is 2.15. The molecule has 0 bridgehead atoms. The molecule has 0 heterocycles. The van der Waals surface area contributed by atoms with Crippen LogP contribution in [0.2, 0.25) is 0 Å². The molecule has 0 aliphatic rings. The van der Waals surface area contributed by atoms with Crippen LogP contribution in [0.4, 0.5) is 5.69 Å². The summed E-state index contributed by atoms with van der Waals surface area (Å²) in [6.45, 7) is 0.350. The third-order valence-corrected chi connectivity index (χ3v) is 2.49. The second-order valence-corrected chi connectivity index (χ2v) is 4.16. The fourth-order valence-electron chi connectivity index (χ4n) is 1.55. The van der Waals surface area contributed by atoms with Crippen LogP contribution in [0, 0.1) is 0 Å². The summed E-state index contributed by atoms with van der Waals surface area (Å²) in [7, 11) is 0. The molecule has 0 radical (unpaired) electrons. The zero-order valence-electron chi connectivity index (χ0n) is 10.5. The third-order valence-electron chi connectivity index (χ3n) is 2.49. The van der Waals surface area contributed by atoms with E-state index in [1.54, 1.807) is 24.3 Å². The fourth-order valence-corrected chi connectivity index (χ4v) is 1.55. The van der Waals surface area contributed by atoms with Crippen LogP contribution in [0.5, 0.6) is 11.5 Å². The van der Waals surface area contributed by atoms with Gasteiger partial charge in [-0.25, -0.2) is 0 Å². The van der Waals surface area contributed by atoms with Gasteiger partial charge in [-0.2, -0.15) is 0 Å². The molecular formula is C15H17NO3. The van der Waals surface area contributed by atoms with E-state index in [-0.39, 0.29) is 13.2 Å². The number of rotatable bonds is 6. The van der Waals surface area contributed by atoms with Crippen molar-refractivity contribution >= 4 is 5.69 Å². The summed E-state index contributed by atoms with van der Waals surface area (Å²) in [5.74, 6) is 1.37. The first-order valence-corrected chi connectivity index (χ1v) is 6.08. The van der Waals surface area contributed by atoms with E-state index in [0.717, 1.165) is 5.75 Å². The van der Waals surface area contributed by atoms with E-state index in [4.69, 9.17) is 15.2 Å². The molecule has 0 aromatic heterocycles. The van der Waals surface area contributed by atoms with Crippen LogP contribution in [0.15, 0.2) is 54.6 Å². The highest BCUT2D eigenvalue weighted by Gasteiger charge is 2.06. The lowest BCUT2D eigenvalue weighted by Crippen LogP contribution is -2.25. The van der Waals surface area contributed by atoms with Crippen LogP contribution in [0.25, 0.3) is 0 Å². The first-order chi connectivity index (χ1) is 9.24. The van der Waals surface area contributed by atoms with Gasteiger partial charge in [-0.05, 0) is 24.3 Å². The summed E-state index contributed by atoms with van der Waals surface area (Å²) < 4.78 is 10.9. The summed E-state index contributed by atoms with van der Waals surface area (Å²) in [5, 5.41) is 9.76. The van der Waals surface area contributed by atoms with Gasteiger partial charge in [-0.1, -0.05) is 24.3 Å². The molecule has 3 N–H and O–H groups in total. The molecule has 0 amide bonds. The molecular weight excluding hydrogens is 242 g/mol. The molecule has 2 rings (SSSR count). The lowest BCUT2D eigenvalue weighted by atomic mass is 10.3. The highest BCUT2D eigenvalue weighted by molar-refractivity contribution is 5.43. The van der Waals surface area contributed by atoms with Crippen molar-refractivity contribution in [3.8, 4) is 11.5 Å². The Balaban J connectivity index is 1.74. The monoisotopic (exact) mass is 259 g/mol. The van der Waals surface area contributed by atoms with Gasteiger partial charge in [0.25, 0.3) is 0 Å². The van der Waals surface area contributed by atoms with E-state index in [0.29, 0.717) is 11.4 Å². The Hall–Kier alpha value is -2.20. The van der Waals surface area contributed by atoms with E-state index in [9.17, 15) is 5.11 Å². The van der Waals surface area contributed by atoms with Crippen LogP contribution in [-0.2, 0) is 0 Å². The van der Waals surface area contributed by atoms with Crippen molar-refractivity contribution in [3.05, 3.63) is 54.6 Å². The average molecular weight is 259 g/mol. The largest absolute Gasteiger partial charge is 0.491 e. The maximum absolute atomic E-state index is 9.76. The molecule has 4 nitrogen and oxygen atoms in total.